The van der Waals surface area contributed by atoms with Crippen LogP contribution in [0.4, 0.5) is 0 Å². The normalized spacial score (nSPS) is 18.6. The second-order valence-corrected chi connectivity index (χ2v) is 5.17. The fraction of sp³-hybridized carbons (Fsp3) is 0.500. The molecule has 0 unspecified atom stereocenters. The van der Waals surface area contributed by atoms with E-state index in [1.807, 2.05) is 19.9 Å². The minimum atomic E-state index is -0.659. The van der Waals surface area contributed by atoms with Gasteiger partial charge in [0.1, 0.15) is 0 Å². The van der Waals surface area contributed by atoms with Crippen LogP contribution in [-0.2, 0) is 10.2 Å². The highest BCUT2D eigenvalue weighted by atomic mass is 32.1. The Morgan fingerprint density at radius 3 is 2.46 bits per heavy atom. The van der Waals surface area contributed by atoms with Gasteiger partial charge in [-0.1, -0.05) is 0 Å². The van der Waals surface area contributed by atoms with Gasteiger partial charge in [0, 0.05) is 9.75 Å². The van der Waals surface area contributed by atoms with E-state index in [-0.39, 0.29) is 0 Å². The molecule has 2 nitrogen and oxygen atoms in total. The van der Waals surface area contributed by atoms with Gasteiger partial charge < -0.3 is 5.11 Å². The Hall–Kier alpha value is -0.830. The number of rotatable bonds is 2. The fourth-order valence-electron chi connectivity index (χ4n) is 1.83. The number of thiophene rings is 1. The van der Waals surface area contributed by atoms with Crippen LogP contribution in [0, 0.1) is 13.8 Å². The van der Waals surface area contributed by atoms with Gasteiger partial charge in [-0.05, 0) is 38.3 Å². The number of hydrogen-bond acceptors (Lipinski definition) is 2. The Morgan fingerprint density at radius 1 is 1.54 bits per heavy atom. The minimum Gasteiger partial charge on any atom is -0.481 e. The molecule has 0 spiro atoms. The van der Waals surface area contributed by atoms with Crippen LogP contribution in [0.5, 0.6) is 0 Å². The molecule has 1 aromatic rings. The molecule has 0 amide bonds. The molecule has 1 saturated carbocycles. The lowest BCUT2D eigenvalue weighted by Crippen LogP contribution is -2.19. The molecule has 1 heterocycles. The van der Waals surface area contributed by atoms with Crippen molar-refractivity contribution in [2.45, 2.75) is 32.1 Å². The average Bonchev–Trinajstić information content (AvgIpc) is 2.75. The predicted molar refractivity (Wildman–Crippen MR) is 52.3 cm³/mol. The van der Waals surface area contributed by atoms with Crippen molar-refractivity contribution in [3.8, 4) is 0 Å². The van der Waals surface area contributed by atoms with Crippen LogP contribution < -0.4 is 0 Å². The van der Waals surface area contributed by atoms with Gasteiger partial charge in [-0.25, -0.2) is 0 Å². The van der Waals surface area contributed by atoms with Crippen molar-refractivity contribution < 1.29 is 9.90 Å². The molecule has 70 valence electrons. The van der Waals surface area contributed by atoms with Crippen LogP contribution in [0.2, 0.25) is 0 Å². The van der Waals surface area contributed by atoms with E-state index in [4.69, 9.17) is 5.11 Å². The first-order chi connectivity index (χ1) is 6.06. The number of aliphatic carboxylic acids is 1. The summed E-state index contributed by atoms with van der Waals surface area (Å²) < 4.78 is 0. The smallest absolute Gasteiger partial charge is 0.314 e. The van der Waals surface area contributed by atoms with E-state index in [0.717, 1.165) is 23.3 Å². The van der Waals surface area contributed by atoms with Crippen LogP contribution in [0.1, 0.15) is 28.2 Å². The first-order valence-electron chi connectivity index (χ1n) is 4.37. The summed E-state index contributed by atoms with van der Waals surface area (Å²) in [7, 11) is 0. The second-order valence-electron chi connectivity index (χ2n) is 3.71. The summed E-state index contributed by atoms with van der Waals surface area (Å²) in [5.74, 6) is -0.659. The molecule has 1 N–H and O–H groups in total. The van der Waals surface area contributed by atoms with E-state index in [2.05, 4.69) is 0 Å². The standard InChI is InChI=1S/C10H12O2S/c1-6-5-8(7(2)13-6)10(3-4-10)9(11)12/h5H,3-4H2,1-2H3,(H,11,12). The van der Waals surface area contributed by atoms with Gasteiger partial charge in [0.05, 0.1) is 5.41 Å². The maximum Gasteiger partial charge on any atom is 0.314 e. The fourth-order valence-corrected chi connectivity index (χ4v) is 2.85. The molecule has 1 aromatic heterocycles. The Labute approximate surface area is 81.2 Å². The zero-order valence-electron chi connectivity index (χ0n) is 7.76. The lowest BCUT2D eigenvalue weighted by Gasteiger charge is -2.08. The molecular weight excluding hydrogens is 184 g/mol. The van der Waals surface area contributed by atoms with Crippen LogP contribution >= 0.6 is 11.3 Å². The maximum atomic E-state index is 11.1. The highest BCUT2D eigenvalue weighted by Gasteiger charge is 2.52. The monoisotopic (exact) mass is 196 g/mol. The van der Waals surface area contributed by atoms with E-state index < -0.39 is 11.4 Å². The molecule has 1 aliphatic rings. The van der Waals surface area contributed by atoms with Crippen molar-refractivity contribution in [3.63, 3.8) is 0 Å². The zero-order valence-corrected chi connectivity index (χ0v) is 8.57. The Morgan fingerprint density at radius 2 is 2.15 bits per heavy atom. The summed E-state index contributed by atoms with van der Waals surface area (Å²) in [4.78, 5) is 13.4. The first-order valence-corrected chi connectivity index (χ1v) is 5.19. The molecule has 3 heteroatoms. The number of carboxylic acids is 1. The van der Waals surface area contributed by atoms with Crippen LogP contribution in [0.15, 0.2) is 6.07 Å². The Bertz CT molecular complexity index is 361. The number of aryl methyl sites for hydroxylation is 2. The van der Waals surface area contributed by atoms with Gasteiger partial charge in [0.25, 0.3) is 0 Å². The van der Waals surface area contributed by atoms with E-state index in [1.54, 1.807) is 11.3 Å². The lowest BCUT2D eigenvalue weighted by molar-refractivity contribution is -0.140. The molecule has 1 fully saturated rings. The lowest BCUT2D eigenvalue weighted by atomic mass is 9.97. The van der Waals surface area contributed by atoms with Gasteiger partial charge >= 0.3 is 5.97 Å². The Balaban J connectivity index is 2.46. The molecule has 2 rings (SSSR count). The summed E-state index contributed by atoms with van der Waals surface area (Å²) in [5, 5.41) is 9.10. The van der Waals surface area contributed by atoms with Crippen molar-refractivity contribution in [2.75, 3.05) is 0 Å². The number of carbonyl (C=O) groups is 1. The third kappa shape index (κ3) is 1.18. The van der Waals surface area contributed by atoms with E-state index >= 15 is 0 Å². The van der Waals surface area contributed by atoms with Crippen molar-refractivity contribution in [1.82, 2.24) is 0 Å². The molecule has 0 bridgehead atoms. The van der Waals surface area contributed by atoms with Crippen LogP contribution in [0.3, 0.4) is 0 Å². The minimum absolute atomic E-state index is 0.519. The van der Waals surface area contributed by atoms with Gasteiger partial charge in [0.2, 0.25) is 0 Å². The van der Waals surface area contributed by atoms with Gasteiger partial charge in [-0.15, -0.1) is 11.3 Å². The van der Waals surface area contributed by atoms with E-state index in [0.29, 0.717) is 0 Å². The van der Waals surface area contributed by atoms with Gasteiger partial charge in [-0.3, -0.25) is 4.79 Å². The van der Waals surface area contributed by atoms with Crippen molar-refractivity contribution in [1.29, 1.82) is 0 Å². The quantitative estimate of drug-likeness (QED) is 0.789. The molecular formula is C10H12O2S. The molecule has 0 aromatic carbocycles. The predicted octanol–water partition coefficient (Wildman–Crippen LogP) is 2.48. The second kappa shape index (κ2) is 2.58. The number of carboxylic acid groups (broad SMARTS) is 1. The van der Waals surface area contributed by atoms with Gasteiger partial charge in [-0.2, -0.15) is 0 Å². The van der Waals surface area contributed by atoms with Crippen molar-refractivity contribution >= 4 is 17.3 Å². The summed E-state index contributed by atoms with van der Waals surface area (Å²) in [6.45, 7) is 4.04. The molecule has 0 aliphatic heterocycles. The highest BCUT2D eigenvalue weighted by molar-refractivity contribution is 7.12. The van der Waals surface area contributed by atoms with E-state index in [9.17, 15) is 4.79 Å². The summed E-state index contributed by atoms with van der Waals surface area (Å²) in [6.07, 6.45) is 1.61. The topological polar surface area (TPSA) is 37.3 Å². The third-order valence-electron chi connectivity index (χ3n) is 2.72. The van der Waals surface area contributed by atoms with Crippen molar-refractivity contribution in [3.05, 3.63) is 21.4 Å². The third-order valence-corrected chi connectivity index (χ3v) is 3.68. The number of hydrogen-bond donors (Lipinski definition) is 1. The maximum absolute atomic E-state index is 11.1. The SMILES string of the molecule is Cc1cc(C2(C(=O)O)CC2)c(C)s1. The van der Waals surface area contributed by atoms with Gasteiger partial charge in [0.15, 0.2) is 0 Å². The zero-order chi connectivity index (χ0) is 9.64. The average molecular weight is 196 g/mol. The largest absolute Gasteiger partial charge is 0.481 e. The highest BCUT2D eigenvalue weighted by Crippen LogP contribution is 2.51. The molecule has 13 heavy (non-hydrogen) atoms. The summed E-state index contributed by atoms with van der Waals surface area (Å²) in [5.41, 5.74) is 0.525. The van der Waals surface area contributed by atoms with Crippen molar-refractivity contribution in [2.24, 2.45) is 0 Å². The van der Waals surface area contributed by atoms with Crippen LogP contribution in [-0.4, -0.2) is 11.1 Å². The Kier molecular flexibility index (Phi) is 1.74. The summed E-state index contributed by atoms with van der Waals surface area (Å²) >= 11 is 1.69. The van der Waals surface area contributed by atoms with E-state index in [1.165, 1.54) is 4.88 Å². The molecule has 0 radical (unpaired) electrons. The first kappa shape index (κ1) is 8.75. The molecule has 0 atom stereocenters. The molecule has 0 saturated heterocycles. The summed E-state index contributed by atoms with van der Waals surface area (Å²) in [6, 6.07) is 2.03. The van der Waals surface area contributed by atoms with Crippen LogP contribution in [0.25, 0.3) is 0 Å². The molecule has 1 aliphatic carbocycles.